The van der Waals surface area contributed by atoms with Crippen LogP contribution >= 0.6 is 31.9 Å². The van der Waals surface area contributed by atoms with Gasteiger partial charge in [0.05, 0.1) is 10.5 Å². The molecular weight excluding hydrogens is 336 g/mol. The first-order chi connectivity index (χ1) is 7.56. The van der Waals surface area contributed by atoms with Crippen LogP contribution in [0.15, 0.2) is 26.0 Å². The standard InChI is InChI=1S/C11H10Br2N2O/c12-8-5-9(13)10(16)15(6-8)7-11(1-2-11)3-4-14/h5-6H,1-3,7H2. The number of nitrogens with zero attached hydrogens (tertiary/aromatic N) is 2. The lowest BCUT2D eigenvalue weighted by Crippen LogP contribution is -2.24. The van der Waals surface area contributed by atoms with Gasteiger partial charge in [0.25, 0.3) is 5.56 Å². The summed E-state index contributed by atoms with van der Waals surface area (Å²) < 4.78 is 3.10. The van der Waals surface area contributed by atoms with E-state index in [-0.39, 0.29) is 11.0 Å². The maximum absolute atomic E-state index is 11.8. The van der Waals surface area contributed by atoms with E-state index in [2.05, 4.69) is 37.9 Å². The lowest BCUT2D eigenvalue weighted by Gasteiger charge is -2.13. The Bertz CT molecular complexity index is 512. The fraction of sp³-hybridized carbons (Fsp3) is 0.455. The van der Waals surface area contributed by atoms with Crippen molar-refractivity contribution in [3.8, 4) is 6.07 Å². The molecule has 1 heterocycles. The number of hydrogen-bond acceptors (Lipinski definition) is 2. The summed E-state index contributed by atoms with van der Waals surface area (Å²) in [7, 11) is 0. The van der Waals surface area contributed by atoms with Crippen molar-refractivity contribution in [2.24, 2.45) is 5.41 Å². The third kappa shape index (κ3) is 2.38. The van der Waals surface area contributed by atoms with Crippen LogP contribution in [-0.4, -0.2) is 4.57 Å². The molecule has 0 aromatic carbocycles. The molecule has 0 aliphatic heterocycles. The zero-order chi connectivity index (χ0) is 11.8. The summed E-state index contributed by atoms with van der Waals surface area (Å²) in [5.41, 5.74) is 0.00568. The van der Waals surface area contributed by atoms with Crippen molar-refractivity contribution in [2.45, 2.75) is 25.8 Å². The summed E-state index contributed by atoms with van der Waals surface area (Å²) in [5.74, 6) is 0. The van der Waals surface area contributed by atoms with E-state index in [9.17, 15) is 4.79 Å². The number of hydrogen-bond donors (Lipinski definition) is 0. The van der Waals surface area contributed by atoms with Crippen molar-refractivity contribution < 1.29 is 0 Å². The van der Waals surface area contributed by atoms with Crippen molar-refractivity contribution in [1.29, 1.82) is 5.26 Å². The van der Waals surface area contributed by atoms with Crippen molar-refractivity contribution >= 4 is 31.9 Å². The van der Waals surface area contributed by atoms with Crippen LogP contribution in [0.2, 0.25) is 0 Å². The quantitative estimate of drug-likeness (QED) is 0.845. The fourth-order valence-corrected chi connectivity index (χ4v) is 3.04. The molecule has 84 valence electrons. The van der Waals surface area contributed by atoms with E-state index in [1.807, 2.05) is 0 Å². The monoisotopic (exact) mass is 344 g/mol. The topological polar surface area (TPSA) is 45.8 Å². The maximum atomic E-state index is 11.8. The Labute approximate surface area is 110 Å². The Balaban J connectivity index is 2.29. The van der Waals surface area contributed by atoms with Gasteiger partial charge in [0.1, 0.15) is 0 Å². The molecule has 1 aromatic rings. The minimum atomic E-state index is -0.0348. The molecule has 1 aliphatic carbocycles. The molecule has 0 radical (unpaired) electrons. The molecule has 0 saturated heterocycles. The second-order valence-corrected chi connectivity index (χ2v) is 6.04. The van der Waals surface area contributed by atoms with Gasteiger partial charge in [-0.3, -0.25) is 4.79 Å². The number of aromatic nitrogens is 1. The summed E-state index contributed by atoms with van der Waals surface area (Å²) in [5, 5.41) is 8.74. The minimum absolute atomic E-state index is 0.0348. The largest absolute Gasteiger partial charge is 0.313 e. The molecule has 0 spiro atoms. The normalized spacial score (nSPS) is 16.8. The van der Waals surface area contributed by atoms with Crippen LogP contribution in [0.3, 0.4) is 0 Å². The Morgan fingerprint density at radius 1 is 1.50 bits per heavy atom. The van der Waals surface area contributed by atoms with E-state index in [1.165, 1.54) is 0 Å². The highest BCUT2D eigenvalue weighted by Crippen LogP contribution is 2.49. The molecule has 0 amide bonds. The molecule has 0 bridgehead atoms. The predicted molar refractivity (Wildman–Crippen MR) is 68.0 cm³/mol. The van der Waals surface area contributed by atoms with Crippen LogP contribution in [0, 0.1) is 16.7 Å². The second kappa shape index (κ2) is 4.34. The van der Waals surface area contributed by atoms with Crippen molar-refractivity contribution in [1.82, 2.24) is 4.57 Å². The second-order valence-electron chi connectivity index (χ2n) is 4.27. The van der Waals surface area contributed by atoms with E-state index in [0.29, 0.717) is 17.4 Å². The van der Waals surface area contributed by atoms with Crippen LogP contribution in [0.25, 0.3) is 0 Å². The summed E-state index contributed by atoms with van der Waals surface area (Å²) >= 11 is 6.59. The van der Waals surface area contributed by atoms with Gasteiger partial charge in [0.15, 0.2) is 0 Å². The zero-order valence-corrected chi connectivity index (χ0v) is 11.7. The van der Waals surface area contributed by atoms with Gasteiger partial charge in [-0.2, -0.15) is 5.26 Å². The average Bonchev–Trinajstić information content (AvgIpc) is 2.94. The summed E-state index contributed by atoms with van der Waals surface area (Å²) in [6.07, 6.45) is 4.39. The third-order valence-electron chi connectivity index (χ3n) is 2.93. The SMILES string of the molecule is N#CCC1(Cn2cc(Br)cc(Br)c2=O)CC1. The van der Waals surface area contributed by atoms with E-state index in [0.717, 1.165) is 17.3 Å². The van der Waals surface area contributed by atoms with E-state index in [1.54, 1.807) is 16.8 Å². The fourth-order valence-electron chi connectivity index (χ4n) is 1.78. The van der Waals surface area contributed by atoms with Crippen molar-refractivity contribution in [3.05, 3.63) is 31.6 Å². The van der Waals surface area contributed by atoms with Gasteiger partial charge < -0.3 is 4.57 Å². The predicted octanol–water partition coefficient (Wildman–Crippen LogP) is 3.07. The number of halogens is 2. The molecule has 16 heavy (non-hydrogen) atoms. The van der Waals surface area contributed by atoms with Crippen LogP contribution in [0.1, 0.15) is 19.3 Å². The lowest BCUT2D eigenvalue weighted by molar-refractivity contribution is 0.422. The van der Waals surface area contributed by atoms with Crippen LogP contribution in [-0.2, 0) is 6.54 Å². The van der Waals surface area contributed by atoms with Crippen LogP contribution in [0.4, 0.5) is 0 Å². The Kier molecular flexibility index (Phi) is 3.22. The highest BCUT2D eigenvalue weighted by Gasteiger charge is 2.42. The van der Waals surface area contributed by atoms with Gasteiger partial charge in [-0.25, -0.2) is 0 Å². The molecule has 1 saturated carbocycles. The van der Waals surface area contributed by atoms with Crippen LogP contribution in [0.5, 0.6) is 0 Å². The minimum Gasteiger partial charge on any atom is -0.313 e. The number of pyridine rings is 1. The molecule has 3 nitrogen and oxygen atoms in total. The lowest BCUT2D eigenvalue weighted by atomic mass is 10.0. The Morgan fingerprint density at radius 3 is 2.75 bits per heavy atom. The van der Waals surface area contributed by atoms with E-state index < -0.39 is 0 Å². The third-order valence-corrected chi connectivity index (χ3v) is 3.93. The highest BCUT2D eigenvalue weighted by molar-refractivity contribution is 9.11. The smallest absolute Gasteiger partial charge is 0.264 e. The van der Waals surface area contributed by atoms with Gasteiger partial charge >= 0.3 is 0 Å². The summed E-state index contributed by atoms with van der Waals surface area (Å²) in [6.45, 7) is 0.636. The molecule has 1 fully saturated rings. The first-order valence-electron chi connectivity index (χ1n) is 4.99. The number of rotatable bonds is 3. The average molecular weight is 346 g/mol. The summed E-state index contributed by atoms with van der Waals surface area (Å²) in [6, 6.07) is 3.94. The highest BCUT2D eigenvalue weighted by atomic mass is 79.9. The van der Waals surface area contributed by atoms with E-state index >= 15 is 0 Å². The molecule has 5 heteroatoms. The van der Waals surface area contributed by atoms with Gasteiger partial charge in [-0.1, -0.05) is 0 Å². The van der Waals surface area contributed by atoms with Gasteiger partial charge in [0.2, 0.25) is 0 Å². The first-order valence-corrected chi connectivity index (χ1v) is 6.57. The molecule has 0 unspecified atom stereocenters. The first kappa shape index (κ1) is 11.9. The van der Waals surface area contributed by atoms with Crippen molar-refractivity contribution in [3.63, 3.8) is 0 Å². The maximum Gasteiger partial charge on any atom is 0.264 e. The molecular formula is C11H10Br2N2O. The van der Waals surface area contributed by atoms with E-state index in [4.69, 9.17) is 5.26 Å². The molecule has 1 aliphatic rings. The van der Waals surface area contributed by atoms with Crippen LogP contribution < -0.4 is 5.56 Å². The molecule has 2 rings (SSSR count). The Morgan fingerprint density at radius 2 is 2.19 bits per heavy atom. The number of nitriles is 1. The Hall–Kier alpha value is -0.600. The molecule has 0 N–H and O–H groups in total. The zero-order valence-electron chi connectivity index (χ0n) is 8.54. The van der Waals surface area contributed by atoms with Crippen molar-refractivity contribution in [2.75, 3.05) is 0 Å². The van der Waals surface area contributed by atoms with Gasteiger partial charge in [0, 0.05) is 29.1 Å². The van der Waals surface area contributed by atoms with Gasteiger partial charge in [-0.15, -0.1) is 0 Å². The molecule has 0 atom stereocenters. The summed E-state index contributed by atoms with van der Waals surface area (Å²) in [4.78, 5) is 11.8. The molecule has 1 aromatic heterocycles. The van der Waals surface area contributed by atoms with Gasteiger partial charge in [-0.05, 0) is 50.8 Å².